The third kappa shape index (κ3) is 4.23. The molecule has 2 saturated heterocycles. The molecule has 0 aromatic heterocycles. The van der Waals surface area contributed by atoms with Gasteiger partial charge in [0.1, 0.15) is 6.04 Å². The molecule has 3 rings (SSSR count). The largest absolute Gasteiger partial charge is 0.408 e. The van der Waals surface area contributed by atoms with Crippen LogP contribution in [0.4, 0.5) is 13.2 Å². The lowest BCUT2D eigenvalue weighted by molar-refractivity contribution is -0.191. The van der Waals surface area contributed by atoms with Crippen LogP contribution in [-0.4, -0.2) is 68.2 Å². The summed E-state index contributed by atoms with van der Waals surface area (Å²) in [6, 6.07) is 6.59. The summed E-state index contributed by atoms with van der Waals surface area (Å²) in [5.41, 5.74) is 0.302. The topological polar surface area (TPSA) is 24.9 Å². The van der Waals surface area contributed by atoms with Gasteiger partial charge in [0.15, 0.2) is 6.29 Å². The van der Waals surface area contributed by atoms with Gasteiger partial charge in [0.2, 0.25) is 0 Å². The molecule has 0 unspecified atom stereocenters. The molecule has 2 fully saturated rings. The van der Waals surface area contributed by atoms with E-state index in [1.807, 2.05) is 0 Å². The van der Waals surface area contributed by atoms with Crippen molar-refractivity contribution in [3.05, 3.63) is 35.9 Å². The van der Waals surface area contributed by atoms with E-state index < -0.39 is 12.2 Å². The zero-order valence-electron chi connectivity index (χ0n) is 12.8. The molecule has 23 heavy (non-hydrogen) atoms. The Hall–Kier alpha value is -1.15. The standard InChI is InChI=1S/C16H21F3N2O2/c17-16(18,19)15(13-4-2-1-3-5-13)21-8-6-20(7-9-21)12-14-22-10-11-23-14/h1-5,14-15H,6-12H2/t15-/m0/s1. The van der Waals surface area contributed by atoms with Gasteiger partial charge in [-0.15, -0.1) is 0 Å². The van der Waals surface area contributed by atoms with Gasteiger partial charge in [-0.1, -0.05) is 30.3 Å². The molecule has 2 aliphatic rings. The summed E-state index contributed by atoms with van der Waals surface area (Å²) in [6.07, 6.45) is -4.52. The number of hydrogen-bond donors (Lipinski definition) is 0. The summed E-state index contributed by atoms with van der Waals surface area (Å²) >= 11 is 0. The number of rotatable bonds is 4. The van der Waals surface area contributed by atoms with E-state index in [-0.39, 0.29) is 6.29 Å². The highest BCUT2D eigenvalue weighted by Crippen LogP contribution is 2.38. The minimum Gasteiger partial charge on any atom is -0.349 e. The van der Waals surface area contributed by atoms with E-state index in [4.69, 9.17) is 9.47 Å². The van der Waals surface area contributed by atoms with E-state index in [0.717, 1.165) is 0 Å². The van der Waals surface area contributed by atoms with Gasteiger partial charge in [0.05, 0.1) is 13.2 Å². The van der Waals surface area contributed by atoms with Gasteiger partial charge in [0, 0.05) is 32.7 Å². The Morgan fingerprint density at radius 1 is 1.00 bits per heavy atom. The van der Waals surface area contributed by atoms with Crippen LogP contribution >= 0.6 is 0 Å². The zero-order valence-corrected chi connectivity index (χ0v) is 12.8. The summed E-state index contributed by atoms with van der Waals surface area (Å²) in [5.74, 6) is 0. The normalized spacial score (nSPS) is 23.3. The fraction of sp³-hybridized carbons (Fsp3) is 0.625. The highest BCUT2D eigenvalue weighted by atomic mass is 19.4. The lowest BCUT2D eigenvalue weighted by atomic mass is 10.0. The van der Waals surface area contributed by atoms with Crippen molar-refractivity contribution in [3.8, 4) is 0 Å². The molecular weight excluding hydrogens is 309 g/mol. The molecule has 1 atom stereocenters. The lowest BCUT2D eigenvalue weighted by Gasteiger charge is -2.40. The highest BCUT2D eigenvalue weighted by molar-refractivity contribution is 5.20. The number of halogens is 3. The molecule has 7 heteroatoms. The fourth-order valence-electron chi connectivity index (χ4n) is 3.17. The first-order chi connectivity index (χ1) is 11.0. The number of hydrogen-bond acceptors (Lipinski definition) is 4. The first-order valence-corrected chi connectivity index (χ1v) is 7.85. The van der Waals surface area contributed by atoms with Crippen LogP contribution in [0.2, 0.25) is 0 Å². The van der Waals surface area contributed by atoms with Gasteiger partial charge >= 0.3 is 6.18 Å². The number of alkyl halides is 3. The van der Waals surface area contributed by atoms with Crippen LogP contribution in [0.1, 0.15) is 11.6 Å². The quantitative estimate of drug-likeness (QED) is 0.846. The van der Waals surface area contributed by atoms with Crippen molar-refractivity contribution >= 4 is 0 Å². The summed E-state index contributed by atoms with van der Waals surface area (Å²) in [7, 11) is 0. The Balaban J connectivity index is 1.61. The van der Waals surface area contributed by atoms with E-state index in [1.165, 1.54) is 4.90 Å². The molecule has 2 heterocycles. The third-order valence-corrected chi connectivity index (χ3v) is 4.30. The van der Waals surface area contributed by atoms with Gasteiger partial charge in [-0.2, -0.15) is 13.2 Å². The fourth-order valence-corrected chi connectivity index (χ4v) is 3.17. The van der Waals surface area contributed by atoms with Crippen LogP contribution in [0.3, 0.4) is 0 Å². The zero-order chi connectivity index (χ0) is 16.3. The number of ether oxygens (including phenoxy) is 2. The molecule has 2 aliphatic heterocycles. The van der Waals surface area contributed by atoms with Crippen LogP contribution in [0.5, 0.6) is 0 Å². The molecule has 0 saturated carbocycles. The van der Waals surface area contributed by atoms with Crippen LogP contribution in [0.15, 0.2) is 30.3 Å². The van der Waals surface area contributed by atoms with Crippen molar-refractivity contribution < 1.29 is 22.6 Å². The molecule has 128 valence electrons. The lowest BCUT2D eigenvalue weighted by Crippen LogP contribution is -2.52. The van der Waals surface area contributed by atoms with Crippen LogP contribution in [0.25, 0.3) is 0 Å². The van der Waals surface area contributed by atoms with Gasteiger partial charge < -0.3 is 9.47 Å². The van der Waals surface area contributed by atoms with Gasteiger partial charge in [0.25, 0.3) is 0 Å². The van der Waals surface area contributed by atoms with Gasteiger partial charge in [-0.05, 0) is 5.56 Å². The van der Waals surface area contributed by atoms with Crippen molar-refractivity contribution in [1.82, 2.24) is 9.80 Å². The van der Waals surface area contributed by atoms with Crippen LogP contribution in [-0.2, 0) is 9.47 Å². The van der Waals surface area contributed by atoms with Crippen molar-refractivity contribution in [1.29, 1.82) is 0 Å². The van der Waals surface area contributed by atoms with Gasteiger partial charge in [-0.25, -0.2) is 0 Å². The van der Waals surface area contributed by atoms with E-state index in [1.54, 1.807) is 30.3 Å². The summed E-state index contributed by atoms with van der Waals surface area (Å²) in [6.45, 7) is 3.74. The summed E-state index contributed by atoms with van der Waals surface area (Å²) < 4.78 is 51.4. The molecule has 0 amide bonds. The van der Waals surface area contributed by atoms with E-state index in [0.29, 0.717) is 51.5 Å². The molecule has 1 aromatic rings. The Bertz CT molecular complexity index is 484. The highest BCUT2D eigenvalue weighted by Gasteiger charge is 2.45. The molecule has 0 N–H and O–H groups in total. The first-order valence-electron chi connectivity index (χ1n) is 7.85. The van der Waals surface area contributed by atoms with Gasteiger partial charge in [-0.3, -0.25) is 9.80 Å². The number of piperazine rings is 1. The minimum absolute atomic E-state index is 0.242. The summed E-state index contributed by atoms with van der Waals surface area (Å²) in [5, 5.41) is 0. The molecular formula is C16H21F3N2O2. The second-order valence-corrected chi connectivity index (χ2v) is 5.86. The predicted molar refractivity (Wildman–Crippen MR) is 78.9 cm³/mol. The summed E-state index contributed by atoms with van der Waals surface area (Å²) in [4.78, 5) is 3.62. The average Bonchev–Trinajstić information content (AvgIpc) is 3.02. The van der Waals surface area contributed by atoms with Crippen molar-refractivity contribution in [2.24, 2.45) is 0 Å². The smallest absolute Gasteiger partial charge is 0.349 e. The van der Waals surface area contributed by atoms with E-state index in [9.17, 15) is 13.2 Å². The maximum atomic E-state index is 13.5. The van der Waals surface area contributed by atoms with Crippen molar-refractivity contribution in [2.75, 3.05) is 45.9 Å². The SMILES string of the molecule is FC(F)(F)[C@H](c1ccccc1)N1CCN(CC2OCCO2)CC1. The maximum absolute atomic E-state index is 13.5. The molecule has 0 bridgehead atoms. The molecule has 1 aromatic carbocycles. The monoisotopic (exact) mass is 330 g/mol. The minimum atomic E-state index is -4.28. The van der Waals surface area contributed by atoms with Crippen molar-refractivity contribution in [2.45, 2.75) is 18.5 Å². The molecule has 0 aliphatic carbocycles. The number of nitrogens with zero attached hydrogens (tertiary/aromatic N) is 2. The average molecular weight is 330 g/mol. The Kier molecular flexibility index (Phi) is 5.21. The third-order valence-electron chi connectivity index (χ3n) is 4.30. The maximum Gasteiger partial charge on any atom is 0.408 e. The second kappa shape index (κ2) is 7.17. The molecule has 0 spiro atoms. The van der Waals surface area contributed by atoms with Crippen LogP contribution in [0, 0.1) is 0 Å². The second-order valence-electron chi connectivity index (χ2n) is 5.86. The molecule has 4 nitrogen and oxygen atoms in total. The Labute approximate surface area is 133 Å². The first kappa shape index (κ1) is 16.7. The van der Waals surface area contributed by atoms with Crippen molar-refractivity contribution in [3.63, 3.8) is 0 Å². The van der Waals surface area contributed by atoms with E-state index >= 15 is 0 Å². The Morgan fingerprint density at radius 2 is 1.61 bits per heavy atom. The number of benzene rings is 1. The van der Waals surface area contributed by atoms with Crippen LogP contribution < -0.4 is 0 Å². The van der Waals surface area contributed by atoms with E-state index in [2.05, 4.69) is 4.90 Å². The predicted octanol–water partition coefficient (Wildman–Crippen LogP) is 2.28. The Morgan fingerprint density at radius 3 is 2.17 bits per heavy atom. The molecule has 0 radical (unpaired) electrons.